The normalized spacial score (nSPS) is 16.1. The SMILES string of the molecule is CCCCc1ccc(S(=O)(=O)N2CCN(c3ccncc3)CC2)cc1. The molecule has 2 aromatic rings. The van der Waals surface area contributed by atoms with Crippen molar-refractivity contribution in [2.45, 2.75) is 31.1 Å². The average molecular weight is 359 g/mol. The summed E-state index contributed by atoms with van der Waals surface area (Å²) in [7, 11) is -3.41. The number of unbranched alkanes of at least 4 members (excludes halogenated alkanes) is 1. The van der Waals surface area contributed by atoms with Gasteiger partial charge in [-0.25, -0.2) is 8.42 Å². The number of aryl methyl sites for hydroxylation is 1. The molecule has 0 unspecified atom stereocenters. The van der Waals surface area contributed by atoms with Gasteiger partial charge < -0.3 is 4.90 Å². The van der Waals surface area contributed by atoms with Crippen molar-refractivity contribution in [2.24, 2.45) is 0 Å². The lowest BCUT2D eigenvalue weighted by molar-refractivity contribution is 0.385. The Hall–Kier alpha value is -1.92. The van der Waals surface area contributed by atoms with Gasteiger partial charge in [-0.3, -0.25) is 4.98 Å². The van der Waals surface area contributed by atoms with Gasteiger partial charge in [0.2, 0.25) is 10.0 Å². The van der Waals surface area contributed by atoms with E-state index in [1.807, 2.05) is 24.3 Å². The van der Waals surface area contributed by atoms with Crippen LogP contribution in [0.3, 0.4) is 0 Å². The molecule has 25 heavy (non-hydrogen) atoms. The number of nitrogens with zero attached hydrogens (tertiary/aromatic N) is 3. The Morgan fingerprint density at radius 3 is 2.20 bits per heavy atom. The lowest BCUT2D eigenvalue weighted by atomic mass is 10.1. The van der Waals surface area contributed by atoms with Crippen molar-refractivity contribution in [3.8, 4) is 0 Å². The summed E-state index contributed by atoms with van der Waals surface area (Å²) in [4.78, 5) is 6.62. The topological polar surface area (TPSA) is 53.5 Å². The highest BCUT2D eigenvalue weighted by atomic mass is 32.2. The molecule has 5 nitrogen and oxygen atoms in total. The fourth-order valence-electron chi connectivity index (χ4n) is 3.10. The summed E-state index contributed by atoms with van der Waals surface area (Å²) in [5.74, 6) is 0. The van der Waals surface area contributed by atoms with Crippen LogP contribution < -0.4 is 4.90 Å². The third-order valence-electron chi connectivity index (χ3n) is 4.65. The molecule has 0 aliphatic carbocycles. The minimum absolute atomic E-state index is 0.394. The van der Waals surface area contributed by atoms with Gasteiger partial charge in [0, 0.05) is 44.3 Å². The number of hydrogen-bond acceptors (Lipinski definition) is 4. The first-order valence-corrected chi connectivity index (χ1v) is 10.3. The van der Waals surface area contributed by atoms with Crippen LogP contribution in [0.4, 0.5) is 5.69 Å². The fourth-order valence-corrected chi connectivity index (χ4v) is 4.52. The molecule has 1 fully saturated rings. The molecule has 134 valence electrons. The molecular weight excluding hydrogens is 334 g/mol. The maximum Gasteiger partial charge on any atom is 0.243 e. The zero-order chi connectivity index (χ0) is 17.7. The maximum absolute atomic E-state index is 12.9. The number of sulfonamides is 1. The van der Waals surface area contributed by atoms with Crippen LogP contribution in [0.5, 0.6) is 0 Å². The van der Waals surface area contributed by atoms with Crippen molar-refractivity contribution in [1.29, 1.82) is 0 Å². The minimum atomic E-state index is -3.41. The third-order valence-corrected chi connectivity index (χ3v) is 6.56. The van der Waals surface area contributed by atoms with Crippen molar-refractivity contribution in [1.82, 2.24) is 9.29 Å². The summed E-state index contributed by atoms with van der Waals surface area (Å²) < 4.78 is 27.3. The van der Waals surface area contributed by atoms with Crippen molar-refractivity contribution in [3.05, 3.63) is 54.4 Å². The third kappa shape index (κ3) is 4.19. The van der Waals surface area contributed by atoms with E-state index in [4.69, 9.17) is 0 Å². The molecule has 0 atom stereocenters. The van der Waals surface area contributed by atoms with Crippen molar-refractivity contribution < 1.29 is 8.42 Å². The first-order valence-electron chi connectivity index (χ1n) is 8.85. The number of hydrogen-bond donors (Lipinski definition) is 0. The molecule has 1 aromatic carbocycles. The second-order valence-corrected chi connectivity index (χ2v) is 8.28. The molecule has 1 aliphatic heterocycles. The summed E-state index contributed by atoms with van der Waals surface area (Å²) in [6.45, 7) is 4.55. The molecule has 6 heteroatoms. The Kier molecular flexibility index (Phi) is 5.71. The van der Waals surface area contributed by atoms with Crippen LogP contribution in [0.1, 0.15) is 25.3 Å². The largest absolute Gasteiger partial charge is 0.369 e. The molecule has 0 amide bonds. The maximum atomic E-state index is 12.9. The van der Waals surface area contributed by atoms with E-state index >= 15 is 0 Å². The Morgan fingerprint density at radius 1 is 0.960 bits per heavy atom. The molecule has 1 aromatic heterocycles. The summed E-state index contributed by atoms with van der Waals surface area (Å²) >= 11 is 0. The van der Waals surface area contributed by atoms with E-state index in [1.54, 1.807) is 28.8 Å². The zero-order valence-corrected chi connectivity index (χ0v) is 15.5. The standard InChI is InChI=1S/C19H25N3O2S/c1-2-3-4-17-5-7-19(8-6-17)25(23,24)22-15-13-21(14-16-22)18-9-11-20-12-10-18/h5-12H,2-4,13-16H2,1H3. The summed E-state index contributed by atoms with van der Waals surface area (Å²) in [6, 6.07) is 11.3. The Balaban J connectivity index is 1.65. The van der Waals surface area contributed by atoms with Gasteiger partial charge in [-0.15, -0.1) is 0 Å². The van der Waals surface area contributed by atoms with Crippen LogP contribution in [0.15, 0.2) is 53.7 Å². The lowest BCUT2D eigenvalue weighted by Gasteiger charge is -2.35. The van der Waals surface area contributed by atoms with E-state index < -0.39 is 10.0 Å². The molecule has 1 aliphatic rings. The predicted octanol–water partition coefficient (Wildman–Crippen LogP) is 2.94. The van der Waals surface area contributed by atoms with Crippen LogP contribution in [0.25, 0.3) is 0 Å². The molecule has 0 N–H and O–H groups in total. The summed E-state index contributed by atoms with van der Waals surface area (Å²) in [5.41, 5.74) is 2.29. The van der Waals surface area contributed by atoms with E-state index in [2.05, 4.69) is 16.8 Å². The van der Waals surface area contributed by atoms with Crippen LogP contribution in [0, 0.1) is 0 Å². The van der Waals surface area contributed by atoms with Crippen LogP contribution in [-0.2, 0) is 16.4 Å². The molecule has 3 rings (SSSR count). The van der Waals surface area contributed by atoms with Gasteiger partial charge in [0.25, 0.3) is 0 Å². The Bertz CT molecular complexity index is 768. The predicted molar refractivity (Wildman–Crippen MR) is 100 cm³/mol. The van der Waals surface area contributed by atoms with Gasteiger partial charge in [-0.1, -0.05) is 25.5 Å². The molecule has 0 spiro atoms. The second kappa shape index (κ2) is 7.97. The van der Waals surface area contributed by atoms with Crippen molar-refractivity contribution in [2.75, 3.05) is 31.1 Å². The average Bonchev–Trinajstić information content (AvgIpc) is 2.67. The van der Waals surface area contributed by atoms with E-state index in [-0.39, 0.29) is 0 Å². The number of rotatable bonds is 6. The minimum Gasteiger partial charge on any atom is -0.369 e. The lowest BCUT2D eigenvalue weighted by Crippen LogP contribution is -2.48. The fraction of sp³-hybridized carbons (Fsp3) is 0.421. The van der Waals surface area contributed by atoms with Gasteiger partial charge >= 0.3 is 0 Å². The highest BCUT2D eigenvalue weighted by Crippen LogP contribution is 2.21. The van der Waals surface area contributed by atoms with Crippen LogP contribution in [-0.4, -0.2) is 43.9 Å². The molecule has 0 bridgehead atoms. The summed E-state index contributed by atoms with van der Waals surface area (Å²) in [6.07, 6.45) is 6.80. The number of anilines is 1. The highest BCUT2D eigenvalue weighted by molar-refractivity contribution is 7.89. The monoisotopic (exact) mass is 359 g/mol. The Labute approximate surface area is 150 Å². The van der Waals surface area contributed by atoms with Crippen LogP contribution in [0.2, 0.25) is 0 Å². The first-order chi connectivity index (χ1) is 12.1. The molecule has 1 saturated heterocycles. The Morgan fingerprint density at radius 2 is 1.60 bits per heavy atom. The van der Waals surface area contributed by atoms with Crippen molar-refractivity contribution in [3.63, 3.8) is 0 Å². The van der Waals surface area contributed by atoms with Crippen molar-refractivity contribution >= 4 is 15.7 Å². The number of benzene rings is 1. The van der Waals surface area contributed by atoms with Gasteiger partial charge in [-0.2, -0.15) is 4.31 Å². The number of pyridine rings is 1. The van der Waals surface area contributed by atoms with Gasteiger partial charge in [0.1, 0.15) is 0 Å². The van der Waals surface area contributed by atoms with E-state index in [0.717, 1.165) is 24.9 Å². The summed E-state index contributed by atoms with van der Waals surface area (Å²) in [5, 5.41) is 0. The first kappa shape index (κ1) is 17.9. The smallest absolute Gasteiger partial charge is 0.243 e. The number of piperazine rings is 1. The second-order valence-electron chi connectivity index (χ2n) is 6.34. The van der Waals surface area contributed by atoms with E-state index in [0.29, 0.717) is 31.1 Å². The van der Waals surface area contributed by atoms with Gasteiger partial charge in [0.15, 0.2) is 0 Å². The molecule has 2 heterocycles. The zero-order valence-electron chi connectivity index (χ0n) is 14.6. The molecule has 0 saturated carbocycles. The van der Waals surface area contributed by atoms with E-state index in [9.17, 15) is 8.42 Å². The quantitative estimate of drug-likeness (QED) is 0.796. The van der Waals surface area contributed by atoms with Gasteiger partial charge in [-0.05, 0) is 42.7 Å². The molecule has 0 radical (unpaired) electrons. The van der Waals surface area contributed by atoms with Gasteiger partial charge in [0.05, 0.1) is 4.90 Å². The molecular formula is C19H25N3O2S. The van der Waals surface area contributed by atoms with E-state index in [1.165, 1.54) is 5.56 Å². The van der Waals surface area contributed by atoms with Crippen LogP contribution >= 0.6 is 0 Å². The number of aromatic nitrogens is 1. The highest BCUT2D eigenvalue weighted by Gasteiger charge is 2.28.